The summed E-state index contributed by atoms with van der Waals surface area (Å²) in [6.07, 6.45) is -0.563. The Morgan fingerprint density at radius 2 is 2.12 bits per heavy atom. The Kier molecular flexibility index (Phi) is 7.34. The van der Waals surface area contributed by atoms with Crippen LogP contribution in [0, 0.1) is 6.92 Å². The maximum Gasteiger partial charge on any atom is 0.490 e. The molecule has 8 nitrogen and oxygen atoms in total. The van der Waals surface area contributed by atoms with Crippen LogP contribution in [-0.2, 0) is 9.53 Å². The van der Waals surface area contributed by atoms with Crippen molar-refractivity contribution >= 4 is 29.0 Å². The molecule has 2 aliphatic heterocycles. The van der Waals surface area contributed by atoms with E-state index in [-0.39, 0.29) is 11.5 Å². The van der Waals surface area contributed by atoms with E-state index in [4.69, 9.17) is 14.6 Å². The summed E-state index contributed by atoms with van der Waals surface area (Å²) in [7, 11) is 0. The molecule has 2 aromatic heterocycles. The highest BCUT2D eigenvalue weighted by molar-refractivity contribution is 7.09. The monoisotopic (exact) mass is 472 g/mol. The lowest BCUT2D eigenvalue weighted by molar-refractivity contribution is -0.192. The van der Waals surface area contributed by atoms with E-state index >= 15 is 0 Å². The number of aryl methyl sites for hydroxylation is 1. The van der Waals surface area contributed by atoms with Gasteiger partial charge in [-0.1, -0.05) is 6.07 Å². The molecule has 12 heteroatoms. The molecule has 0 saturated carbocycles. The molecule has 0 unspecified atom stereocenters. The zero-order valence-corrected chi connectivity index (χ0v) is 18.1. The van der Waals surface area contributed by atoms with E-state index in [1.807, 2.05) is 35.4 Å². The average Bonchev–Trinajstić information content (AvgIpc) is 3.35. The van der Waals surface area contributed by atoms with E-state index < -0.39 is 12.1 Å². The minimum absolute atomic E-state index is 0.0182. The predicted octanol–water partition coefficient (Wildman–Crippen LogP) is 3.36. The third-order valence-electron chi connectivity index (χ3n) is 5.19. The summed E-state index contributed by atoms with van der Waals surface area (Å²) in [6, 6.07) is 6.20. The van der Waals surface area contributed by atoms with Crippen molar-refractivity contribution in [3.8, 4) is 0 Å². The molecule has 1 amide bonds. The Hall–Kier alpha value is -2.73. The van der Waals surface area contributed by atoms with Crippen LogP contribution in [0.3, 0.4) is 0 Å². The van der Waals surface area contributed by atoms with Crippen molar-refractivity contribution in [2.75, 3.05) is 25.0 Å². The highest BCUT2D eigenvalue weighted by Crippen LogP contribution is 2.35. The van der Waals surface area contributed by atoms with Crippen molar-refractivity contribution in [2.45, 2.75) is 44.0 Å². The fourth-order valence-corrected chi connectivity index (χ4v) is 4.32. The number of carbonyl (C=O) groups excluding carboxylic acids is 1. The SMILES string of the molecule is Cc1nc(C(=O)N2CC[C@@]3(C[C@H](Nc4ccccn4)CCO3)C2)cs1.O=C(O)C(F)(F)F. The Bertz CT molecular complexity index is 940. The molecule has 174 valence electrons. The average molecular weight is 472 g/mol. The van der Waals surface area contributed by atoms with Gasteiger partial charge in [-0.3, -0.25) is 4.79 Å². The number of pyridine rings is 1. The van der Waals surface area contributed by atoms with Crippen LogP contribution in [0.1, 0.15) is 34.8 Å². The van der Waals surface area contributed by atoms with Crippen LogP contribution in [-0.4, -0.2) is 69.4 Å². The molecule has 0 aliphatic carbocycles. The number of aromatic nitrogens is 2. The first-order valence-electron chi connectivity index (χ1n) is 9.91. The fraction of sp³-hybridized carbons (Fsp3) is 0.500. The number of hydrogen-bond acceptors (Lipinski definition) is 7. The lowest BCUT2D eigenvalue weighted by Crippen LogP contribution is -2.47. The molecule has 2 aliphatic rings. The molecule has 0 radical (unpaired) electrons. The summed E-state index contributed by atoms with van der Waals surface area (Å²) < 4.78 is 37.9. The zero-order valence-electron chi connectivity index (χ0n) is 17.3. The van der Waals surface area contributed by atoms with Crippen molar-refractivity contribution in [2.24, 2.45) is 0 Å². The second-order valence-corrected chi connectivity index (χ2v) is 8.67. The number of rotatable bonds is 3. The second kappa shape index (κ2) is 9.82. The number of hydrogen-bond donors (Lipinski definition) is 2. The molecule has 4 rings (SSSR count). The topological polar surface area (TPSA) is 105 Å². The van der Waals surface area contributed by atoms with Gasteiger partial charge in [0.05, 0.1) is 17.2 Å². The van der Waals surface area contributed by atoms with Gasteiger partial charge in [0.15, 0.2) is 0 Å². The van der Waals surface area contributed by atoms with E-state index in [1.54, 1.807) is 6.20 Å². The van der Waals surface area contributed by atoms with Crippen LogP contribution in [0.15, 0.2) is 29.8 Å². The summed E-state index contributed by atoms with van der Waals surface area (Å²) in [4.78, 5) is 32.1. The van der Waals surface area contributed by atoms with Crippen molar-refractivity contribution in [3.05, 3.63) is 40.5 Å². The number of aliphatic carboxylic acids is 1. The van der Waals surface area contributed by atoms with E-state index in [9.17, 15) is 18.0 Å². The highest BCUT2D eigenvalue weighted by Gasteiger charge is 2.45. The van der Waals surface area contributed by atoms with Gasteiger partial charge in [-0.15, -0.1) is 11.3 Å². The molecule has 32 heavy (non-hydrogen) atoms. The number of ether oxygens (including phenoxy) is 1. The number of amides is 1. The van der Waals surface area contributed by atoms with Crippen LogP contribution in [0.4, 0.5) is 19.0 Å². The number of anilines is 1. The predicted molar refractivity (Wildman–Crippen MR) is 111 cm³/mol. The molecule has 2 atom stereocenters. The summed E-state index contributed by atoms with van der Waals surface area (Å²) in [5.41, 5.74) is 0.310. The number of nitrogens with one attached hydrogen (secondary N) is 1. The number of thiazole rings is 1. The largest absolute Gasteiger partial charge is 0.490 e. The number of likely N-dealkylation sites (tertiary alicyclic amines) is 1. The number of carboxylic acid groups (broad SMARTS) is 1. The number of carboxylic acids is 1. The Morgan fingerprint density at radius 1 is 1.38 bits per heavy atom. The Labute approximate surface area is 186 Å². The summed E-state index contributed by atoms with van der Waals surface area (Å²) in [5, 5.41) is 13.4. The molecule has 2 aromatic rings. The van der Waals surface area contributed by atoms with Crippen molar-refractivity contribution in [3.63, 3.8) is 0 Å². The lowest BCUT2D eigenvalue weighted by Gasteiger charge is -2.38. The fourth-order valence-electron chi connectivity index (χ4n) is 3.73. The number of halogens is 3. The molecule has 4 heterocycles. The summed E-state index contributed by atoms with van der Waals surface area (Å²) in [6.45, 7) is 4.00. The number of nitrogens with zero attached hydrogens (tertiary/aromatic N) is 3. The van der Waals surface area contributed by atoms with Crippen molar-refractivity contribution in [1.82, 2.24) is 14.9 Å². The van der Waals surface area contributed by atoms with Gasteiger partial charge in [-0.2, -0.15) is 13.2 Å². The molecular formula is C20H23F3N4O4S. The normalized spacial score (nSPS) is 22.9. The van der Waals surface area contributed by atoms with Crippen LogP contribution >= 0.6 is 11.3 Å². The van der Waals surface area contributed by atoms with Gasteiger partial charge in [-0.25, -0.2) is 14.8 Å². The number of carbonyl (C=O) groups is 2. The highest BCUT2D eigenvalue weighted by atomic mass is 32.1. The van der Waals surface area contributed by atoms with Crippen LogP contribution in [0.2, 0.25) is 0 Å². The van der Waals surface area contributed by atoms with E-state index in [0.717, 1.165) is 36.6 Å². The second-order valence-electron chi connectivity index (χ2n) is 7.61. The Balaban J connectivity index is 0.000000360. The molecule has 2 N–H and O–H groups in total. The minimum Gasteiger partial charge on any atom is -0.475 e. The third kappa shape index (κ3) is 6.16. The first kappa shape index (κ1) is 23.9. The standard InChI is InChI=1S/C18H22N4O2S.C2HF3O2/c1-13-20-15(11-25-13)17(23)22-8-6-18(12-22)10-14(5-9-24-18)21-16-4-2-3-7-19-16;3-2(4,5)1(6)7/h2-4,7,11,14H,5-6,8-10,12H2,1H3,(H,19,21);(H,6,7)/t14-,18-;/m1./s1. The first-order chi connectivity index (χ1) is 15.1. The van der Waals surface area contributed by atoms with E-state index in [0.29, 0.717) is 24.9 Å². The van der Waals surface area contributed by atoms with E-state index in [1.165, 1.54) is 11.3 Å². The van der Waals surface area contributed by atoms with Crippen LogP contribution in [0.25, 0.3) is 0 Å². The maximum atomic E-state index is 12.6. The lowest BCUT2D eigenvalue weighted by atomic mass is 9.89. The molecule has 2 fully saturated rings. The minimum atomic E-state index is -5.08. The molecule has 0 aromatic carbocycles. The molecule has 0 bridgehead atoms. The Morgan fingerprint density at radius 3 is 2.72 bits per heavy atom. The summed E-state index contributed by atoms with van der Waals surface area (Å²) >= 11 is 1.51. The van der Waals surface area contributed by atoms with Gasteiger partial charge >= 0.3 is 12.1 Å². The van der Waals surface area contributed by atoms with Crippen LogP contribution in [0.5, 0.6) is 0 Å². The van der Waals surface area contributed by atoms with Gasteiger partial charge in [0.1, 0.15) is 11.5 Å². The molecule has 1 spiro atoms. The van der Waals surface area contributed by atoms with Crippen molar-refractivity contribution in [1.29, 1.82) is 0 Å². The van der Waals surface area contributed by atoms with Gasteiger partial charge in [0, 0.05) is 30.8 Å². The van der Waals surface area contributed by atoms with Gasteiger partial charge in [0.2, 0.25) is 0 Å². The van der Waals surface area contributed by atoms with E-state index in [2.05, 4.69) is 15.3 Å². The van der Waals surface area contributed by atoms with Gasteiger partial charge in [0.25, 0.3) is 5.91 Å². The molecular weight excluding hydrogens is 449 g/mol. The van der Waals surface area contributed by atoms with Crippen LogP contribution < -0.4 is 5.32 Å². The van der Waals surface area contributed by atoms with Gasteiger partial charge in [-0.05, 0) is 38.3 Å². The maximum absolute atomic E-state index is 12.6. The third-order valence-corrected chi connectivity index (χ3v) is 5.97. The van der Waals surface area contributed by atoms with Gasteiger partial charge < -0.3 is 20.1 Å². The summed E-state index contributed by atoms with van der Waals surface area (Å²) in [5.74, 6) is -1.84. The quantitative estimate of drug-likeness (QED) is 0.706. The first-order valence-corrected chi connectivity index (χ1v) is 10.8. The smallest absolute Gasteiger partial charge is 0.475 e. The number of alkyl halides is 3. The van der Waals surface area contributed by atoms with Crippen molar-refractivity contribution < 1.29 is 32.6 Å². The zero-order chi connectivity index (χ0) is 23.4. The molecule has 2 saturated heterocycles.